The molecule has 1 aliphatic rings. The minimum Gasteiger partial charge on any atom is -0.384 e. The summed E-state index contributed by atoms with van der Waals surface area (Å²) < 4.78 is 6.94. The normalized spacial score (nSPS) is 16.5. The number of aromatic nitrogens is 2. The lowest BCUT2D eigenvalue weighted by molar-refractivity contribution is 0.108. The number of hydrogen-bond acceptors (Lipinski definition) is 3. The minimum absolute atomic E-state index is 0.611. The van der Waals surface area contributed by atoms with Crippen molar-refractivity contribution in [3.05, 3.63) is 11.3 Å². The molecule has 1 aromatic heterocycles. The fraction of sp³-hybridized carbons (Fsp3) is 0.571. The maximum absolute atomic E-state index is 5.77. The Balaban J connectivity index is 2.50. The van der Waals surface area contributed by atoms with Crippen molar-refractivity contribution in [2.24, 2.45) is 7.05 Å². The predicted octanol–water partition coefficient (Wildman–Crippen LogP) is 0.0750. The zero-order valence-electron chi connectivity index (χ0n) is 6.50. The number of aryl methyl sites for hydroxylation is 1. The Bertz CT molecular complexity index is 279. The minimum atomic E-state index is 0.611. The molecule has 0 aliphatic carbocycles. The molecule has 0 spiro atoms. The lowest BCUT2D eigenvalue weighted by Crippen LogP contribution is -2.09. The fourth-order valence-corrected chi connectivity index (χ4v) is 1.37. The molecular weight excluding hydrogens is 142 g/mol. The monoisotopic (exact) mass is 153 g/mol. The summed E-state index contributed by atoms with van der Waals surface area (Å²) in [5.41, 5.74) is 7.93. The number of rotatable bonds is 0. The van der Waals surface area contributed by atoms with Crippen molar-refractivity contribution in [1.29, 1.82) is 0 Å². The van der Waals surface area contributed by atoms with Crippen LogP contribution in [0.25, 0.3) is 0 Å². The first-order valence-corrected chi connectivity index (χ1v) is 3.67. The Morgan fingerprint density at radius 1 is 1.64 bits per heavy atom. The number of fused-ring (bicyclic) bond motifs is 1. The summed E-state index contributed by atoms with van der Waals surface area (Å²) in [4.78, 5) is 0. The Kier molecular flexibility index (Phi) is 1.35. The number of hydrogen-bond donors (Lipinski definition) is 1. The van der Waals surface area contributed by atoms with Gasteiger partial charge in [0, 0.05) is 19.0 Å². The van der Waals surface area contributed by atoms with Crippen LogP contribution >= 0.6 is 0 Å². The first-order valence-electron chi connectivity index (χ1n) is 3.67. The van der Waals surface area contributed by atoms with Crippen LogP contribution in [0.2, 0.25) is 0 Å². The van der Waals surface area contributed by atoms with Crippen LogP contribution in [-0.2, 0) is 24.8 Å². The summed E-state index contributed by atoms with van der Waals surface area (Å²) in [6.07, 6.45) is 0.898. The number of anilines is 1. The second-order valence-corrected chi connectivity index (χ2v) is 2.74. The average Bonchev–Trinajstić information content (AvgIpc) is 2.30. The van der Waals surface area contributed by atoms with E-state index in [1.54, 1.807) is 4.68 Å². The topological polar surface area (TPSA) is 53.1 Å². The predicted molar refractivity (Wildman–Crippen MR) is 41.0 cm³/mol. The van der Waals surface area contributed by atoms with Gasteiger partial charge >= 0.3 is 0 Å². The van der Waals surface area contributed by atoms with E-state index in [4.69, 9.17) is 10.5 Å². The van der Waals surface area contributed by atoms with E-state index >= 15 is 0 Å². The lowest BCUT2D eigenvalue weighted by atomic mass is 10.1. The van der Waals surface area contributed by atoms with E-state index in [1.165, 1.54) is 5.56 Å². The van der Waals surface area contributed by atoms with Gasteiger partial charge in [0.05, 0.1) is 18.9 Å². The maximum atomic E-state index is 5.77. The molecule has 0 amide bonds. The van der Waals surface area contributed by atoms with Crippen LogP contribution < -0.4 is 5.73 Å². The second kappa shape index (κ2) is 2.23. The van der Waals surface area contributed by atoms with E-state index < -0.39 is 0 Å². The van der Waals surface area contributed by atoms with Crippen molar-refractivity contribution < 1.29 is 4.74 Å². The zero-order valence-corrected chi connectivity index (χ0v) is 6.50. The summed E-state index contributed by atoms with van der Waals surface area (Å²) in [6, 6.07) is 0. The molecule has 0 radical (unpaired) electrons. The Hall–Kier alpha value is -1.03. The summed E-state index contributed by atoms with van der Waals surface area (Å²) in [5, 5.41) is 4.22. The van der Waals surface area contributed by atoms with Gasteiger partial charge in [-0.2, -0.15) is 5.10 Å². The van der Waals surface area contributed by atoms with Crippen molar-refractivity contribution in [2.75, 3.05) is 12.3 Å². The van der Waals surface area contributed by atoms with Gasteiger partial charge < -0.3 is 10.5 Å². The largest absolute Gasteiger partial charge is 0.384 e. The molecule has 2 rings (SSSR count). The Morgan fingerprint density at radius 3 is 3.18 bits per heavy atom. The molecule has 0 bridgehead atoms. The van der Waals surface area contributed by atoms with Crippen LogP contribution in [0.1, 0.15) is 11.3 Å². The SMILES string of the molecule is Cn1nc2c(c1N)CCOC2. The van der Waals surface area contributed by atoms with Gasteiger partial charge in [-0.15, -0.1) is 0 Å². The van der Waals surface area contributed by atoms with Crippen LogP contribution in [0.5, 0.6) is 0 Å². The zero-order chi connectivity index (χ0) is 7.84. The van der Waals surface area contributed by atoms with E-state index in [9.17, 15) is 0 Å². The van der Waals surface area contributed by atoms with Crippen molar-refractivity contribution >= 4 is 5.82 Å². The third-order valence-electron chi connectivity index (χ3n) is 2.01. The van der Waals surface area contributed by atoms with E-state index in [1.807, 2.05) is 7.05 Å². The van der Waals surface area contributed by atoms with Crippen molar-refractivity contribution in [3.8, 4) is 0 Å². The summed E-state index contributed by atoms with van der Waals surface area (Å²) in [7, 11) is 1.85. The maximum Gasteiger partial charge on any atom is 0.125 e. The Morgan fingerprint density at radius 2 is 2.45 bits per heavy atom. The van der Waals surface area contributed by atoms with Gasteiger partial charge in [0.15, 0.2) is 0 Å². The van der Waals surface area contributed by atoms with Crippen LogP contribution in [-0.4, -0.2) is 16.4 Å². The van der Waals surface area contributed by atoms with E-state index in [2.05, 4.69) is 5.10 Å². The molecule has 2 N–H and O–H groups in total. The van der Waals surface area contributed by atoms with Gasteiger partial charge in [-0.1, -0.05) is 0 Å². The van der Waals surface area contributed by atoms with Crippen molar-refractivity contribution in [3.63, 3.8) is 0 Å². The molecule has 60 valence electrons. The second-order valence-electron chi connectivity index (χ2n) is 2.74. The summed E-state index contributed by atoms with van der Waals surface area (Å²) in [5.74, 6) is 0.781. The molecule has 4 nitrogen and oxygen atoms in total. The van der Waals surface area contributed by atoms with Crippen LogP contribution in [0.15, 0.2) is 0 Å². The quantitative estimate of drug-likeness (QED) is 0.574. The van der Waals surface area contributed by atoms with Crippen LogP contribution in [0.4, 0.5) is 5.82 Å². The average molecular weight is 153 g/mol. The summed E-state index contributed by atoms with van der Waals surface area (Å²) >= 11 is 0. The van der Waals surface area contributed by atoms with Crippen molar-refractivity contribution in [2.45, 2.75) is 13.0 Å². The van der Waals surface area contributed by atoms with Gasteiger partial charge in [-0.05, 0) is 0 Å². The molecule has 0 unspecified atom stereocenters. The molecule has 1 aliphatic heterocycles. The van der Waals surface area contributed by atoms with Gasteiger partial charge in [0.25, 0.3) is 0 Å². The third kappa shape index (κ3) is 0.903. The third-order valence-corrected chi connectivity index (χ3v) is 2.01. The highest BCUT2D eigenvalue weighted by Gasteiger charge is 2.16. The number of nitrogens with zero attached hydrogens (tertiary/aromatic N) is 2. The molecule has 11 heavy (non-hydrogen) atoms. The van der Waals surface area contributed by atoms with Crippen LogP contribution in [0.3, 0.4) is 0 Å². The molecule has 0 saturated heterocycles. The Labute approximate surface area is 64.9 Å². The number of ether oxygens (including phenoxy) is 1. The van der Waals surface area contributed by atoms with Gasteiger partial charge in [0.1, 0.15) is 5.82 Å². The van der Waals surface area contributed by atoms with Crippen LogP contribution in [0, 0.1) is 0 Å². The number of nitrogens with two attached hydrogens (primary N) is 1. The first-order chi connectivity index (χ1) is 5.29. The summed E-state index contributed by atoms with van der Waals surface area (Å²) in [6.45, 7) is 1.38. The molecule has 4 heteroatoms. The number of nitrogen functional groups attached to an aromatic ring is 1. The molecule has 2 heterocycles. The van der Waals surface area contributed by atoms with Gasteiger partial charge in [-0.25, -0.2) is 0 Å². The van der Waals surface area contributed by atoms with Gasteiger partial charge in [0.2, 0.25) is 0 Å². The smallest absolute Gasteiger partial charge is 0.125 e. The standard InChI is InChI=1S/C7H11N3O/c1-10-7(8)5-2-3-11-4-6(5)9-10/h2-4,8H2,1H3. The van der Waals surface area contributed by atoms with E-state index in [0.717, 1.165) is 24.5 Å². The molecular formula is C7H11N3O. The molecule has 0 saturated carbocycles. The molecule has 1 aromatic rings. The highest BCUT2D eigenvalue weighted by molar-refractivity contribution is 5.43. The van der Waals surface area contributed by atoms with E-state index in [0.29, 0.717) is 6.61 Å². The molecule has 0 fully saturated rings. The lowest BCUT2D eigenvalue weighted by Gasteiger charge is -2.09. The van der Waals surface area contributed by atoms with E-state index in [-0.39, 0.29) is 0 Å². The van der Waals surface area contributed by atoms with Gasteiger partial charge in [-0.3, -0.25) is 4.68 Å². The van der Waals surface area contributed by atoms with Crippen molar-refractivity contribution in [1.82, 2.24) is 9.78 Å². The highest BCUT2D eigenvalue weighted by atomic mass is 16.5. The highest BCUT2D eigenvalue weighted by Crippen LogP contribution is 2.20. The molecule has 0 aromatic carbocycles. The first kappa shape index (κ1) is 6.67. The molecule has 0 atom stereocenters. The fourth-order valence-electron chi connectivity index (χ4n) is 1.37.